The van der Waals surface area contributed by atoms with Gasteiger partial charge in [0.2, 0.25) is 0 Å². The van der Waals surface area contributed by atoms with Crippen LogP contribution >= 0.6 is 0 Å². The summed E-state index contributed by atoms with van der Waals surface area (Å²) in [5.74, 6) is -0.264. The lowest BCUT2D eigenvalue weighted by Crippen LogP contribution is -2.30. The van der Waals surface area contributed by atoms with E-state index in [1.807, 2.05) is 6.92 Å². The molecule has 20 heavy (non-hydrogen) atoms. The van der Waals surface area contributed by atoms with Gasteiger partial charge in [-0.3, -0.25) is 0 Å². The quantitative estimate of drug-likeness (QED) is 0.744. The highest BCUT2D eigenvalue weighted by Gasteiger charge is 2.18. The highest BCUT2D eigenvalue weighted by Crippen LogP contribution is 2.19. The Hall–Kier alpha value is -1.85. The van der Waals surface area contributed by atoms with Gasteiger partial charge in [-0.05, 0) is 30.7 Å². The molecule has 0 heterocycles. The van der Waals surface area contributed by atoms with Crippen LogP contribution < -0.4 is 10.1 Å². The van der Waals surface area contributed by atoms with Crippen molar-refractivity contribution in [1.82, 2.24) is 0 Å². The largest absolute Gasteiger partial charge is 0.467 e. The van der Waals surface area contributed by atoms with Crippen LogP contribution in [0.4, 0.5) is 14.5 Å². The van der Waals surface area contributed by atoms with Gasteiger partial charge in [0.1, 0.15) is 11.8 Å². The molecule has 4 nitrogen and oxygen atoms in total. The number of hydrogen-bond donors (Lipinski definition) is 1. The molecule has 0 aliphatic carbocycles. The van der Waals surface area contributed by atoms with Crippen LogP contribution in [-0.2, 0) is 9.53 Å². The van der Waals surface area contributed by atoms with E-state index in [-0.39, 0.29) is 11.7 Å². The Morgan fingerprint density at radius 2 is 1.95 bits per heavy atom. The molecule has 1 atom stereocenters. The van der Waals surface area contributed by atoms with Gasteiger partial charge in [0.25, 0.3) is 0 Å². The highest BCUT2D eigenvalue weighted by molar-refractivity contribution is 5.79. The van der Waals surface area contributed by atoms with E-state index in [4.69, 9.17) is 4.74 Å². The summed E-state index contributed by atoms with van der Waals surface area (Å²) in [6.07, 6.45) is 2.51. The lowest BCUT2D eigenvalue weighted by molar-refractivity contribution is -0.141. The number of benzene rings is 1. The van der Waals surface area contributed by atoms with Crippen LogP contribution in [-0.4, -0.2) is 25.7 Å². The normalized spacial score (nSPS) is 12.1. The fourth-order valence-electron chi connectivity index (χ4n) is 1.73. The molecule has 0 fully saturated rings. The SMILES string of the molecule is CCCCC(Nc1ccc(OC(F)F)cc1)C(=O)OC. The number of carbonyl (C=O) groups is 1. The number of ether oxygens (including phenoxy) is 2. The van der Waals surface area contributed by atoms with Gasteiger partial charge in [0, 0.05) is 5.69 Å². The first kappa shape index (κ1) is 16.2. The molecule has 0 aromatic heterocycles. The maximum Gasteiger partial charge on any atom is 0.387 e. The summed E-state index contributed by atoms with van der Waals surface area (Å²) in [5, 5.41) is 3.03. The number of anilines is 1. The number of hydrogen-bond acceptors (Lipinski definition) is 4. The van der Waals surface area contributed by atoms with E-state index in [0.29, 0.717) is 12.1 Å². The van der Waals surface area contributed by atoms with Gasteiger partial charge in [-0.25, -0.2) is 4.79 Å². The molecule has 0 aliphatic rings. The molecule has 6 heteroatoms. The van der Waals surface area contributed by atoms with Crippen molar-refractivity contribution in [3.8, 4) is 5.75 Å². The topological polar surface area (TPSA) is 47.6 Å². The van der Waals surface area contributed by atoms with Gasteiger partial charge in [0.15, 0.2) is 0 Å². The van der Waals surface area contributed by atoms with Crippen molar-refractivity contribution in [2.75, 3.05) is 12.4 Å². The van der Waals surface area contributed by atoms with E-state index in [0.717, 1.165) is 12.8 Å². The van der Waals surface area contributed by atoms with Crippen LogP contribution in [0.5, 0.6) is 5.75 Å². The van der Waals surface area contributed by atoms with Crippen molar-refractivity contribution in [1.29, 1.82) is 0 Å². The molecule has 0 saturated carbocycles. The first-order valence-electron chi connectivity index (χ1n) is 6.46. The van der Waals surface area contributed by atoms with E-state index >= 15 is 0 Å². The molecular formula is C14H19F2NO3. The van der Waals surface area contributed by atoms with Crippen LogP contribution in [0.1, 0.15) is 26.2 Å². The van der Waals surface area contributed by atoms with Crippen LogP contribution in [0.25, 0.3) is 0 Å². The van der Waals surface area contributed by atoms with E-state index in [2.05, 4.69) is 10.1 Å². The minimum Gasteiger partial charge on any atom is -0.467 e. The van der Waals surface area contributed by atoms with E-state index in [9.17, 15) is 13.6 Å². The van der Waals surface area contributed by atoms with Gasteiger partial charge in [-0.1, -0.05) is 19.8 Å². The van der Waals surface area contributed by atoms with Crippen LogP contribution in [0.2, 0.25) is 0 Å². The summed E-state index contributed by atoms with van der Waals surface area (Å²) in [6, 6.07) is 5.56. The number of halogens is 2. The maximum absolute atomic E-state index is 12.0. The lowest BCUT2D eigenvalue weighted by atomic mass is 10.1. The van der Waals surface area contributed by atoms with Crippen molar-refractivity contribution < 1.29 is 23.0 Å². The molecule has 0 spiro atoms. The number of methoxy groups -OCH3 is 1. The smallest absolute Gasteiger partial charge is 0.387 e. The minimum atomic E-state index is -2.85. The third-order valence-electron chi connectivity index (χ3n) is 2.75. The van der Waals surface area contributed by atoms with Gasteiger partial charge in [-0.15, -0.1) is 0 Å². The summed E-state index contributed by atoms with van der Waals surface area (Å²) in [5.41, 5.74) is 0.651. The Labute approximate surface area is 117 Å². The molecule has 1 aromatic rings. The zero-order valence-electron chi connectivity index (χ0n) is 11.6. The minimum absolute atomic E-state index is 0.0775. The van der Waals surface area contributed by atoms with Gasteiger partial charge >= 0.3 is 12.6 Å². The molecule has 0 radical (unpaired) electrons. The lowest BCUT2D eigenvalue weighted by Gasteiger charge is -2.17. The molecule has 1 unspecified atom stereocenters. The first-order valence-corrected chi connectivity index (χ1v) is 6.46. The second-order valence-electron chi connectivity index (χ2n) is 4.27. The van der Waals surface area contributed by atoms with Crippen molar-refractivity contribution in [3.05, 3.63) is 24.3 Å². The fraction of sp³-hybridized carbons (Fsp3) is 0.500. The predicted octanol–water partition coefficient (Wildman–Crippen LogP) is 3.43. The standard InChI is InChI=1S/C14H19F2NO3/c1-3-4-5-12(13(18)19-2)17-10-6-8-11(9-7-10)20-14(15)16/h6-9,12,14,17H,3-5H2,1-2H3. The summed E-state index contributed by atoms with van der Waals surface area (Å²) < 4.78 is 33.0. The second kappa shape index (κ2) is 8.35. The maximum atomic E-state index is 12.0. The molecule has 1 aromatic carbocycles. The Morgan fingerprint density at radius 3 is 2.45 bits per heavy atom. The Bertz CT molecular complexity index is 409. The Kier molecular flexibility index (Phi) is 6.76. The highest BCUT2D eigenvalue weighted by atomic mass is 19.3. The molecule has 0 aliphatic heterocycles. The van der Waals surface area contributed by atoms with E-state index in [1.54, 1.807) is 12.1 Å². The number of carbonyl (C=O) groups excluding carboxylic acids is 1. The number of rotatable bonds is 8. The molecule has 112 valence electrons. The zero-order valence-corrected chi connectivity index (χ0v) is 11.6. The molecule has 1 N–H and O–H groups in total. The number of nitrogens with one attached hydrogen (secondary N) is 1. The van der Waals surface area contributed by atoms with Crippen molar-refractivity contribution >= 4 is 11.7 Å². The van der Waals surface area contributed by atoms with E-state index < -0.39 is 12.7 Å². The predicted molar refractivity (Wildman–Crippen MR) is 72.0 cm³/mol. The van der Waals surface area contributed by atoms with Crippen LogP contribution in [0.3, 0.4) is 0 Å². The average Bonchev–Trinajstić information content (AvgIpc) is 2.43. The zero-order chi connectivity index (χ0) is 15.0. The summed E-state index contributed by atoms with van der Waals surface area (Å²) in [4.78, 5) is 11.6. The Balaban J connectivity index is 2.65. The first-order chi connectivity index (χ1) is 9.56. The molecular weight excluding hydrogens is 268 g/mol. The summed E-state index contributed by atoms with van der Waals surface area (Å²) in [7, 11) is 1.34. The summed E-state index contributed by atoms with van der Waals surface area (Å²) in [6.45, 7) is -0.814. The molecule has 0 amide bonds. The molecule has 0 saturated heterocycles. The van der Waals surface area contributed by atoms with Gasteiger partial charge in [-0.2, -0.15) is 8.78 Å². The average molecular weight is 287 g/mol. The van der Waals surface area contributed by atoms with Crippen molar-refractivity contribution in [2.24, 2.45) is 0 Å². The van der Waals surface area contributed by atoms with Gasteiger partial charge in [0.05, 0.1) is 7.11 Å². The van der Waals surface area contributed by atoms with Crippen molar-refractivity contribution in [2.45, 2.75) is 38.8 Å². The Morgan fingerprint density at radius 1 is 1.30 bits per heavy atom. The van der Waals surface area contributed by atoms with Crippen molar-refractivity contribution in [3.63, 3.8) is 0 Å². The van der Waals surface area contributed by atoms with Gasteiger partial charge < -0.3 is 14.8 Å². The number of alkyl halides is 2. The fourth-order valence-corrected chi connectivity index (χ4v) is 1.73. The second-order valence-corrected chi connectivity index (χ2v) is 4.27. The molecule has 1 rings (SSSR count). The third-order valence-corrected chi connectivity index (χ3v) is 2.75. The van der Waals surface area contributed by atoms with E-state index in [1.165, 1.54) is 19.2 Å². The number of esters is 1. The number of unbranched alkanes of at least 4 members (excludes halogenated alkanes) is 1. The van der Waals surface area contributed by atoms with Crippen LogP contribution in [0.15, 0.2) is 24.3 Å². The third kappa shape index (κ3) is 5.42. The monoisotopic (exact) mass is 287 g/mol. The summed E-state index contributed by atoms with van der Waals surface area (Å²) >= 11 is 0. The van der Waals surface area contributed by atoms with Crippen LogP contribution in [0, 0.1) is 0 Å². The molecule has 0 bridgehead atoms.